The van der Waals surface area contributed by atoms with Crippen LogP contribution in [0.5, 0.6) is 0 Å². The topological polar surface area (TPSA) is 58.6 Å². The van der Waals surface area contributed by atoms with Gasteiger partial charge in [0.05, 0.1) is 30.8 Å². The number of aliphatic hydroxyl groups excluding tert-OH is 1. The van der Waals surface area contributed by atoms with Crippen molar-refractivity contribution in [3.05, 3.63) is 35.1 Å². The fourth-order valence-corrected chi connectivity index (χ4v) is 1.83. The Labute approximate surface area is 105 Å². The van der Waals surface area contributed by atoms with E-state index in [2.05, 4.69) is 5.32 Å². The summed E-state index contributed by atoms with van der Waals surface area (Å²) in [5, 5.41) is 11.9. The Hall–Kier alpha value is -1.46. The predicted molar refractivity (Wildman–Crippen MR) is 63.8 cm³/mol. The molecule has 1 amide bonds. The smallest absolute Gasteiger partial charge is 0.254 e. The Balaban J connectivity index is 2.02. The van der Waals surface area contributed by atoms with Gasteiger partial charge in [-0.1, -0.05) is 12.1 Å². The van der Waals surface area contributed by atoms with Crippen LogP contribution < -0.4 is 5.32 Å². The number of halogens is 1. The van der Waals surface area contributed by atoms with E-state index in [0.717, 1.165) is 0 Å². The number of aliphatic hydroxyl groups is 1. The molecule has 98 valence electrons. The van der Waals surface area contributed by atoms with E-state index in [9.17, 15) is 14.3 Å². The number of ether oxygens (including phenoxy) is 1. The molecular formula is C13H16FNO3. The monoisotopic (exact) mass is 253 g/mol. The summed E-state index contributed by atoms with van der Waals surface area (Å²) in [5.74, 6) is -0.964. The molecule has 0 bridgehead atoms. The highest BCUT2D eigenvalue weighted by Crippen LogP contribution is 2.25. The average Bonchev–Trinajstić information content (AvgIpc) is 2.31. The van der Waals surface area contributed by atoms with Crippen LogP contribution in [0.15, 0.2) is 18.2 Å². The number of hydrogen-bond acceptors (Lipinski definition) is 3. The summed E-state index contributed by atoms with van der Waals surface area (Å²) in [6.07, 6.45) is 0. The highest BCUT2D eigenvalue weighted by atomic mass is 19.1. The standard InChI is InChI=1S/C13H16FNO3/c1-9-3-2-4-10(11(9)14)12(17)15-5-13(6-16)7-18-8-13/h2-4,16H,5-8H2,1H3,(H,15,17). The second-order valence-corrected chi connectivity index (χ2v) is 4.77. The summed E-state index contributed by atoms with van der Waals surface area (Å²) in [5.41, 5.74) is 0.0607. The Bertz CT molecular complexity index is 452. The largest absolute Gasteiger partial charge is 0.396 e. The van der Waals surface area contributed by atoms with Gasteiger partial charge in [0.2, 0.25) is 0 Å². The van der Waals surface area contributed by atoms with Gasteiger partial charge in [0.25, 0.3) is 5.91 Å². The third-order valence-electron chi connectivity index (χ3n) is 3.21. The first kappa shape index (κ1) is 13.0. The molecule has 18 heavy (non-hydrogen) atoms. The van der Waals surface area contributed by atoms with E-state index in [-0.39, 0.29) is 18.7 Å². The molecule has 2 N–H and O–H groups in total. The van der Waals surface area contributed by atoms with Crippen LogP contribution in [0, 0.1) is 18.2 Å². The minimum atomic E-state index is -0.502. The van der Waals surface area contributed by atoms with Gasteiger partial charge in [-0.15, -0.1) is 0 Å². The minimum absolute atomic E-state index is 0.0309. The summed E-state index contributed by atoms with van der Waals surface area (Å²) in [6, 6.07) is 4.70. The van der Waals surface area contributed by atoms with E-state index in [1.807, 2.05) is 0 Å². The molecule has 0 aromatic heterocycles. The van der Waals surface area contributed by atoms with Crippen molar-refractivity contribution in [3.63, 3.8) is 0 Å². The summed E-state index contributed by atoms with van der Waals surface area (Å²) in [4.78, 5) is 11.8. The minimum Gasteiger partial charge on any atom is -0.396 e. The molecule has 1 aliphatic rings. The maximum Gasteiger partial charge on any atom is 0.254 e. The average molecular weight is 253 g/mol. The molecule has 1 aliphatic heterocycles. The molecular weight excluding hydrogens is 237 g/mol. The van der Waals surface area contributed by atoms with Crippen molar-refractivity contribution in [1.29, 1.82) is 0 Å². The number of amides is 1. The van der Waals surface area contributed by atoms with Crippen molar-refractivity contribution in [2.45, 2.75) is 6.92 Å². The maximum atomic E-state index is 13.7. The van der Waals surface area contributed by atoms with Crippen LogP contribution in [-0.4, -0.2) is 37.4 Å². The summed E-state index contributed by atoms with van der Waals surface area (Å²) in [6.45, 7) is 2.68. The van der Waals surface area contributed by atoms with Crippen molar-refractivity contribution >= 4 is 5.91 Å². The first-order valence-corrected chi connectivity index (χ1v) is 5.80. The molecule has 0 radical (unpaired) electrons. The van der Waals surface area contributed by atoms with Crippen LogP contribution >= 0.6 is 0 Å². The SMILES string of the molecule is Cc1cccc(C(=O)NCC2(CO)COC2)c1F. The molecule has 1 fully saturated rings. The molecule has 2 rings (SSSR count). The van der Waals surface area contributed by atoms with Crippen molar-refractivity contribution in [2.75, 3.05) is 26.4 Å². The molecule has 1 aromatic rings. The number of benzene rings is 1. The van der Waals surface area contributed by atoms with Crippen LogP contribution in [0.25, 0.3) is 0 Å². The van der Waals surface area contributed by atoms with Gasteiger partial charge in [0, 0.05) is 6.54 Å². The lowest BCUT2D eigenvalue weighted by molar-refractivity contribution is -0.133. The van der Waals surface area contributed by atoms with Crippen LogP contribution in [-0.2, 0) is 4.74 Å². The normalized spacial score (nSPS) is 17.1. The number of carbonyl (C=O) groups excluding carboxylic acids is 1. The number of carbonyl (C=O) groups is 1. The Kier molecular flexibility index (Phi) is 3.63. The van der Waals surface area contributed by atoms with Gasteiger partial charge in [0.1, 0.15) is 5.82 Å². The second kappa shape index (κ2) is 5.04. The maximum absolute atomic E-state index is 13.7. The molecule has 1 saturated heterocycles. The first-order chi connectivity index (χ1) is 8.58. The third-order valence-corrected chi connectivity index (χ3v) is 3.21. The quantitative estimate of drug-likeness (QED) is 0.837. The highest BCUT2D eigenvalue weighted by Gasteiger charge is 2.38. The van der Waals surface area contributed by atoms with Crippen LogP contribution in [0.1, 0.15) is 15.9 Å². The zero-order chi connectivity index (χ0) is 13.2. The number of hydrogen-bond donors (Lipinski definition) is 2. The Morgan fingerprint density at radius 1 is 1.56 bits per heavy atom. The van der Waals surface area contributed by atoms with Gasteiger partial charge in [0.15, 0.2) is 0 Å². The Morgan fingerprint density at radius 3 is 2.83 bits per heavy atom. The number of aryl methyl sites for hydroxylation is 1. The van der Waals surface area contributed by atoms with Gasteiger partial charge >= 0.3 is 0 Å². The Morgan fingerprint density at radius 2 is 2.28 bits per heavy atom. The van der Waals surface area contributed by atoms with Gasteiger partial charge in [-0.3, -0.25) is 4.79 Å². The zero-order valence-electron chi connectivity index (χ0n) is 10.2. The molecule has 0 saturated carbocycles. The van der Waals surface area contributed by atoms with Crippen LogP contribution in [0.2, 0.25) is 0 Å². The lowest BCUT2D eigenvalue weighted by Crippen LogP contribution is -2.53. The molecule has 0 unspecified atom stereocenters. The summed E-state index contributed by atoms with van der Waals surface area (Å²) < 4.78 is 18.7. The molecule has 0 spiro atoms. The summed E-state index contributed by atoms with van der Waals surface area (Å²) in [7, 11) is 0. The van der Waals surface area contributed by atoms with Crippen LogP contribution in [0.4, 0.5) is 4.39 Å². The first-order valence-electron chi connectivity index (χ1n) is 5.80. The van der Waals surface area contributed by atoms with Gasteiger partial charge in [-0.05, 0) is 18.6 Å². The third kappa shape index (κ3) is 2.37. The molecule has 1 heterocycles. The zero-order valence-corrected chi connectivity index (χ0v) is 10.2. The van der Waals surface area contributed by atoms with E-state index < -0.39 is 17.1 Å². The number of nitrogens with one attached hydrogen (secondary N) is 1. The van der Waals surface area contributed by atoms with Crippen LogP contribution in [0.3, 0.4) is 0 Å². The molecule has 4 nitrogen and oxygen atoms in total. The highest BCUT2D eigenvalue weighted by molar-refractivity contribution is 5.94. The molecule has 0 atom stereocenters. The molecule has 1 aromatic carbocycles. The van der Waals surface area contributed by atoms with E-state index in [1.165, 1.54) is 6.07 Å². The van der Waals surface area contributed by atoms with Gasteiger partial charge in [-0.25, -0.2) is 4.39 Å². The van der Waals surface area contributed by atoms with Crippen molar-refractivity contribution in [2.24, 2.45) is 5.41 Å². The van der Waals surface area contributed by atoms with Gasteiger partial charge in [-0.2, -0.15) is 0 Å². The lowest BCUT2D eigenvalue weighted by Gasteiger charge is -2.39. The molecule has 5 heteroatoms. The fourth-order valence-electron chi connectivity index (χ4n) is 1.83. The fraction of sp³-hybridized carbons (Fsp3) is 0.462. The van der Waals surface area contributed by atoms with E-state index in [1.54, 1.807) is 19.1 Å². The molecule has 0 aliphatic carbocycles. The second-order valence-electron chi connectivity index (χ2n) is 4.77. The van der Waals surface area contributed by atoms with Crippen molar-refractivity contribution in [1.82, 2.24) is 5.32 Å². The van der Waals surface area contributed by atoms with E-state index in [4.69, 9.17) is 4.74 Å². The van der Waals surface area contributed by atoms with E-state index in [0.29, 0.717) is 18.8 Å². The summed E-state index contributed by atoms with van der Waals surface area (Å²) >= 11 is 0. The number of rotatable bonds is 4. The van der Waals surface area contributed by atoms with Gasteiger partial charge < -0.3 is 15.2 Å². The predicted octanol–water partition coefficient (Wildman–Crippen LogP) is 0.873. The lowest BCUT2D eigenvalue weighted by atomic mass is 9.87. The van der Waals surface area contributed by atoms with Crippen molar-refractivity contribution in [3.8, 4) is 0 Å². The van der Waals surface area contributed by atoms with Crippen molar-refractivity contribution < 1.29 is 19.0 Å². The van der Waals surface area contributed by atoms with E-state index >= 15 is 0 Å².